The number of aromatic nitrogens is 3. The van der Waals surface area contributed by atoms with Gasteiger partial charge in [-0.05, 0) is 43.2 Å². The number of halogens is 3. The quantitative estimate of drug-likeness (QED) is 0.676. The highest BCUT2D eigenvalue weighted by Crippen LogP contribution is 2.29. The van der Waals surface area contributed by atoms with Gasteiger partial charge in [0, 0.05) is 36.6 Å². The van der Waals surface area contributed by atoms with Gasteiger partial charge in [-0.3, -0.25) is 4.79 Å². The maximum atomic E-state index is 12.6. The highest BCUT2D eigenvalue weighted by molar-refractivity contribution is 5.94. The lowest BCUT2D eigenvalue weighted by molar-refractivity contribution is -0.137. The molecule has 0 unspecified atom stereocenters. The Kier molecular flexibility index (Phi) is 4.41. The van der Waals surface area contributed by atoms with E-state index in [-0.39, 0.29) is 11.7 Å². The standard InChI is InChI=1S/C20H17F3N4O/c1-26(16-7-8-16)19(28)14-4-2-13(3-5-14)17-10-11-27(25-17)18-9-6-15(12-24-18)20(21,22)23/h2-6,9-12,16H,7-8H2,1H3. The van der Waals surface area contributed by atoms with Crippen LogP contribution in [-0.2, 0) is 6.18 Å². The van der Waals surface area contributed by atoms with E-state index in [0.29, 0.717) is 17.3 Å². The molecule has 3 aromatic rings. The summed E-state index contributed by atoms with van der Waals surface area (Å²) in [6, 6.07) is 11.5. The first-order valence-electron chi connectivity index (χ1n) is 8.80. The minimum atomic E-state index is -4.42. The second kappa shape index (κ2) is 6.78. The SMILES string of the molecule is CN(C(=O)c1ccc(-c2ccn(-c3ccc(C(F)(F)F)cn3)n2)cc1)C1CC1. The van der Waals surface area contributed by atoms with Gasteiger partial charge in [-0.25, -0.2) is 9.67 Å². The Morgan fingerprint density at radius 3 is 2.39 bits per heavy atom. The van der Waals surface area contributed by atoms with Gasteiger partial charge in [0.05, 0.1) is 11.3 Å². The van der Waals surface area contributed by atoms with E-state index in [4.69, 9.17) is 0 Å². The molecule has 0 N–H and O–H groups in total. The molecule has 0 radical (unpaired) electrons. The Morgan fingerprint density at radius 2 is 1.82 bits per heavy atom. The number of nitrogens with zero attached hydrogens (tertiary/aromatic N) is 4. The fourth-order valence-corrected chi connectivity index (χ4v) is 2.91. The number of hydrogen-bond donors (Lipinski definition) is 0. The lowest BCUT2D eigenvalue weighted by Gasteiger charge is -2.16. The summed E-state index contributed by atoms with van der Waals surface area (Å²) in [5.41, 5.74) is 1.24. The average molecular weight is 386 g/mol. The van der Waals surface area contributed by atoms with Crippen molar-refractivity contribution in [2.75, 3.05) is 7.05 Å². The molecule has 5 nitrogen and oxygen atoms in total. The third kappa shape index (κ3) is 3.62. The van der Waals surface area contributed by atoms with Crippen LogP contribution in [0.25, 0.3) is 17.1 Å². The summed E-state index contributed by atoms with van der Waals surface area (Å²) in [6.45, 7) is 0. The first kappa shape index (κ1) is 18.2. The van der Waals surface area contributed by atoms with E-state index >= 15 is 0 Å². The molecule has 28 heavy (non-hydrogen) atoms. The molecule has 0 aliphatic heterocycles. The normalized spacial score (nSPS) is 14.1. The van der Waals surface area contributed by atoms with Crippen LogP contribution in [0.5, 0.6) is 0 Å². The van der Waals surface area contributed by atoms with Gasteiger partial charge in [0.25, 0.3) is 5.91 Å². The van der Waals surface area contributed by atoms with Crippen LogP contribution in [0.2, 0.25) is 0 Å². The second-order valence-corrected chi connectivity index (χ2v) is 6.77. The van der Waals surface area contributed by atoms with Crippen LogP contribution < -0.4 is 0 Å². The molecule has 1 amide bonds. The second-order valence-electron chi connectivity index (χ2n) is 6.77. The summed E-state index contributed by atoms with van der Waals surface area (Å²) in [6.07, 6.45) is 0.0946. The van der Waals surface area contributed by atoms with Crippen molar-refractivity contribution in [3.8, 4) is 17.1 Å². The maximum absolute atomic E-state index is 12.6. The van der Waals surface area contributed by atoms with Gasteiger partial charge in [-0.2, -0.15) is 18.3 Å². The van der Waals surface area contributed by atoms with Crippen molar-refractivity contribution >= 4 is 5.91 Å². The third-order valence-electron chi connectivity index (χ3n) is 4.74. The Balaban J connectivity index is 1.52. The smallest absolute Gasteiger partial charge is 0.339 e. The van der Waals surface area contributed by atoms with Gasteiger partial charge >= 0.3 is 6.18 Å². The zero-order chi connectivity index (χ0) is 19.9. The van der Waals surface area contributed by atoms with E-state index in [0.717, 1.165) is 30.7 Å². The van der Waals surface area contributed by atoms with Crippen LogP contribution in [0.1, 0.15) is 28.8 Å². The molecule has 2 aromatic heterocycles. The van der Waals surface area contributed by atoms with Crippen molar-refractivity contribution in [3.05, 3.63) is 66.0 Å². The predicted octanol–water partition coefficient (Wildman–Crippen LogP) is 4.19. The third-order valence-corrected chi connectivity index (χ3v) is 4.74. The highest BCUT2D eigenvalue weighted by atomic mass is 19.4. The van der Waals surface area contributed by atoms with E-state index in [1.165, 1.54) is 10.7 Å². The molecule has 4 rings (SSSR count). The monoisotopic (exact) mass is 386 g/mol. The Bertz CT molecular complexity index is 990. The first-order valence-corrected chi connectivity index (χ1v) is 8.80. The van der Waals surface area contributed by atoms with Crippen LogP contribution in [0.15, 0.2) is 54.9 Å². The van der Waals surface area contributed by atoms with Gasteiger partial charge in [0.1, 0.15) is 0 Å². The fourth-order valence-electron chi connectivity index (χ4n) is 2.91. The molecule has 0 atom stereocenters. The largest absolute Gasteiger partial charge is 0.417 e. The van der Waals surface area contributed by atoms with E-state index in [2.05, 4.69) is 10.1 Å². The van der Waals surface area contributed by atoms with E-state index in [1.807, 2.05) is 7.05 Å². The summed E-state index contributed by atoms with van der Waals surface area (Å²) in [4.78, 5) is 18.0. The molecule has 1 aliphatic carbocycles. The van der Waals surface area contributed by atoms with Gasteiger partial charge in [-0.1, -0.05) is 12.1 Å². The number of carbonyl (C=O) groups is 1. The highest BCUT2D eigenvalue weighted by Gasteiger charge is 2.31. The van der Waals surface area contributed by atoms with Crippen molar-refractivity contribution in [3.63, 3.8) is 0 Å². The maximum Gasteiger partial charge on any atom is 0.417 e. The summed E-state index contributed by atoms with van der Waals surface area (Å²) in [5, 5.41) is 4.37. The molecule has 0 spiro atoms. The molecule has 0 saturated heterocycles. The number of benzene rings is 1. The summed E-state index contributed by atoms with van der Waals surface area (Å²) in [7, 11) is 1.81. The van der Waals surface area contributed by atoms with Crippen molar-refractivity contribution in [1.29, 1.82) is 0 Å². The predicted molar refractivity (Wildman–Crippen MR) is 96.9 cm³/mol. The van der Waals surface area contributed by atoms with Crippen LogP contribution in [-0.4, -0.2) is 38.7 Å². The minimum absolute atomic E-state index is 0.00599. The topological polar surface area (TPSA) is 51.0 Å². The minimum Gasteiger partial charge on any atom is -0.339 e. The number of amides is 1. The van der Waals surface area contributed by atoms with Crippen molar-refractivity contribution in [2.45, 2.75) is 25.1 Å². The van der Waals surface area contributed by atoms with Gasteiger partial charge in [-0.15, -0.1) is 0 Å². The number of pyridine rings is 1. The summed E-state index contributed by atoms with van der Waals surface area (Å²) in [5.74, 6) is 0.283. The molecule has 1 aliphatic rings. The van der Waals surface area contributed by atoms with Crippen LogP contribution in [0.4, 0.5) is 13.2 Å². The molecule has 144 valence electrons. The molecule has 2 heterocycles. The molecule has 0 bridgehead atoms. The molecular formula is C20H17F3N4O. The Hall–Kier alpha value is -3.16. The number of rotatable bonds is 4. The lowest BCUT2D eigenvalue weighted by Crippen LogP contribution is -2.28. The van der Waals surface area contributed by atoms with Gasteiger partial charge in [0.15, 0.2) is 5.82 Å². The fraction of sp³-hybridized carbons (Fsp3) is 0.250. The van der Waals surface area contributed by atoms with Gasteiger partial charge < -0.3 is 4.90 Å². The zero-order valence-corrected chi connectivity index (χ0v) is 15.0. The van der Waals surface area contributed by atoms with Crippen molar-refractivity contribution in [2.24, 2.45) is 0 Å². The first-order chi connectivity index (χ1) is 13.3. The van der Waals surface area contributed by atoms with E-state index in [1.54, 1.807) is 41.4 Å². The van der Waals surface area contributed by atoms with E-state index in [9.17, 15) is 18.0 Å². The summed E-state index contributed by atoms with van der Waals surface area (Å²) < 4.78 is 39.3. The van der Waals surface area contributed by atoms with Crippen molar-refractivity contribution in [1.82, 2.24) is 19.7 Å². The Morgan fingerprint density at radius 1 is 1.11 bits per heavy atom. The lowest BCUT2D eigenvalue weighted by atomic mass is 10.1. The van der Waals surface area contributed by atoms with Crippen molar-refractivity contribution < 1.29 is 18.0 Å². The molecular weight excluding hydrogens is 369 g/mol. The zero-order valence-electron chi connectivity index (χ0n) is 15.0. The number of alkyl halides is 3. The molecule has 8 heteroatoms. The molecule has 1 fully saturated rings. The number of hydrogen-bond acceptors (Lipinski definition) is 3. The van der Waals surface area contributed by atoms with Crippen LogP contribution >= 0.6 is 0 Å². The average Bonchev–Trinajstić information content (AvgIpc) is 3.43. The molecule has 1 saturated carbocycles. The number of carbonyl (C=O) groups excluding carboxylic acids is 1. The van der Waals surface area contributed by atoms with Gasteiger partial charge in [0.2, 0.25) is 0 Å². The summed E-state index contributed by atoms with van der Waals surface area (Å²) >= 11 is 0. The van der Waals surface area contributed by atoms with Crippen LogP contribution in [0, 0.1) is 0 Å². The van der Waals surface area contributed by atoms with Crippen LogP contribution in [0.3, 0.4) is 0 Å². The Labute approximate surface area is 159 Å². The molecule has 1 aromatic carbocycles. The van der Waals surface area contributed by atoms with E-state index < -0.39 is 11.7 Å².